The Morgan fingerprint density at radius 2 is 1.89 bits per heavy atom. The molecule has 0 radical (unpaired) electrons. The molecule has 0 bridgehead atoms. The van der Waals surface area contributed by atoms with Gasteiger partial charge in [-0.15, -0.1) is 0 Å². The van der Waals surface area contributed by atoms with Gasteiger partial charge in [-0.2, -0.15) is 0 Å². The predicted octanol–water partition coefficient (Wildman–Crippen LogP) is 3.74. The number of likely N-dealkylation sites (N-methyl/N-ethyl adjacent to an activating group) is 1. The van der Waals surface area contributed by atoms with E-state index in [4.69, 9.17) is 11.6 Å². The summed E-state index contributed by atoms with van der Waals surface area (Å²) in [6.07, 6.45) is 3.28. The Kier molecular flexibility index (Phi) is 6.38. The summed E-state index contributed by atoms with van der Waals surface area (Å²) >= 11 is 6.09. The van der Waals surface area contributed by atoms with Crippen molar-refractivity contribution in [1.29, 1.82) is 0 Å². The molecule has 0 fully saturated rings. The van der Waals surface area contributed by atoms with E-state index >= 15 is 0 Å². The fraction of sp³-hybridized carbons (Fsp3) is 0.136. The van der Waals surface area contributed by atoms with Crippen molar-refractivity contribution in [3.8, 4) is 23.0 Å². The van der Waals surface area contributed by atoms with Crippen LogP contribution in [-0.2, 0) is 4.79 Å². The van der Waals surface area contributed by atoms with Crippen LogP contribution in [0.2, 0.25) is 5.02 Å². The zero-order chi connectivity index (χ0) is 19.9. The third-order valence-electron chi connectivity index (χ3n) is 4.09. The van der Waals surface area contributed by atoms with Crippen molar-refractivity contribution >= 4 is 23.3 Å². The molecule has 6 heteroatoms. The maximum atomic E-state index is 12.2. The van der Waals surface area contributed by atoms with Gasteiger partial charge in [0.2, 0.25) is 5.91 Å². The normalized spacial score (nSPS) is 11.2. The second-order valence-corrected chi connectivity index (χ2v) is 6.54. The average molecular weight is 391 g/mol. The molecule has 0 aliphatic rings. The van der Waals surface area contributed by atoms with Gasteiger partial charge in [0.1, 0.15) is 11.5 Å². The molecule has 2 heterocycles. The molecule has 1 unspecified atom stereocenters. The fourth-order valence-corrected chi connectivity index (χ4v) is 2.61. The number of carbonyl (C=O) groups is 1. The third kappa shape index (κ3) is 4.95. The molecule has 0 aliphatic carbocycles. The lowest BCUT2D eigenvalue weighted by molar-refractivity contribution is -0.117. The van der Waals surface area contributed by atoms with E-state index in [0.717, 1.165) is 16.7 Å². The van der Waals surface area contributed by atoms with Crippen LogP contribution in [0.1, 0.15) is 18.2 Å². The number of nitrogens with zero attached hydrogens (tertiary/aromatic N) is 2. The predicted molar refractivity (Wildman–Crippen MR) is 112 cm³/mol. The number of anilines is 1. The van der Waals surface area contributed by atoms with Crippen LogP contribution in [0.3, 0.4) is 0 Å². The van der Waals surface area contributed by atoms with Gasteiger partial charge in [0.25, 0.3) is 0 Å². The average Bonchev–Trinajstić information content (AvgIpc) is 2.72. The molecule has 0 aliphatic heterocycles. The van der Waals surface area contributed by atoms with Crippen LogP contribution in [0.15, 0.2) is 60.9 Å². The number of hydrogen-bond donors (Lipinski definition) is 2. The largest absolute Gasteiger partial charge is 0.309 e. The van der Waals surface area contributed by atoms with E-state index in [1.165, 1.54) is 0 Å². The molecule has 3 aromatic rings. The van der Waals surface area contributed by atoms with Gasteiger partial charge in [-0.3, -0.25) is 9.78 Å². The van der Waals surface area contributed by atoms with Gasteiger partial charge in [-0.1, -0.05) is 35.7 Å². The summed E-state index contributed by atoms with van der Waals surface area (Å²) < 4.78 is 0. The smallest absolute Gasteiger partial charge is 0.242 e. The van der Waals surface area contributed by atoms with Crippen LogP contribution in [-0.4, -0.2) is 29.0 Å². The summed E-state index contributed by atoms with van der Waals surface area (Å²) in [5.74, 6) is 6.48. The molecule has 0 spiro atoms. The number of halogens is 1. The van der Waals surface area contributed by atoms with Crippen LogP contribution in [0.4, 0.5) is 5.82 Å². The SMILES string of the molecule is CNC(C)C(=O)Nc1ccc(-c2cncc(Cl)c2)c(C#Cc2ccccc2)n1. The zero-order valence-corrected chi connectivity index (χ0v) is 16.3. The molecule has 0 saturated heterocycles. The highest BCUT2D eigenvalue weighted by Crippen LogP contribution is 2.25. The molecule has 1 aromatic carbocycles. The Balaban J connectivity index is 2.02. The maximum absolute atomic E-state index is 12.2. The Hall–Kier alpha value is -3.20. The Morgan fingerprint density at radius 1 is 1.11 bits per heavy atom. The van der Waals surface area contributed by atoms with Gasteiger partial charge in [0.15, 0.2) is 0 Å². The quantitative estimate of drug-likeness (QED) is 0.666. The van der Waals surface area contributed by atoms with Gasteiger partial charge in [0, 0.05) is 29.1 Å². The topological polar surface area (TPSA) is 66.9 Å². The van der Waals surface area contributed by atoms with Crippen molar-refractivity contribution in [1.82, 2.24) is 15.3 Å². The highest BCUT2D eigenvalue weighted by Gasteiger charge is 2.13. The summed E-state index contributed by atoms with van der Waals surface area (Å²) in [6.45, 7) is 1.78. The first-order valence-corrected chi connectivity index (χ1v) is 9.12. The molecule has 1 atom stereocenters. The number of pyridine rings is 2. The Labute approximate surface area is 169 Å². The highest BCUT2D eigenvalue weighted by molar-refractivity contribution is 6.30. The van der Waals surface area contributed by atoms with Crippen LogP contribution in [0.5, 0.6) is 0 Å². The zero-order valence-electron chi connectivity index (χ0n) is 15.5. The number of hydrogen-bond acceptors (Lipinski definition) is 4. The number of carbonyl (C=O) groups excluding carboxylic acids is 1. The van der Waals surface area contributed by atoms with Gasteiger partial charge in [-0.05, 0) is 50.2 Å². The lowest BCUT2D eigenvalue weighted by Gasteiger charge is -2.12. The Morgan fingerprint density at radius 3 is 2.61 bits per heavy atom. The minimum absolute atomic E-state index is 0.172. The first-order chi connectivity index (χ1) is 13.6. The van der Waals surface area contributed by atoms with E-state index in [1.807, 2.05) is 36.4 Å². The number of nitrogens with one attached hydrogen (secondary N) is 2. The molecular formula is C22H19ClN4O. The second-order valence-electron chi connectivity index (χ2n) is 6.10. The van der Waals surface area contributed by atoms with Crippen molar-refractivity contribution in [2.24, 2.45) is 0 Å². The van der Waals surface area contributed by atoms with Crippen molar-refractivity contribution in [2.75, 3.05) is 12.4 Å². The molecule has 0 saturated carbocycles. The second kappa shape index (κ2) is 9.14. The number of benzene rings is 1. The van der Waals surface area contributed by atoms with E-state index in [9.17, 15) is 4.79 Å². The van der Waals surface area contributed by atoms with Crippen molar-refractivity contribution < 1.29 is 4.79 Å². The van der Waals surface area contributed by atoms with Crippen molar-refractivity contribution in [3.05, 3.63) is 77.2 Å². The lowest BCUT2D eigenvalue weighted by Crippen LogP contribution is -2.35. The van der Waals surface area contributed by atoms with Gasteiger partial charge in [0.05, 0.1) is 11.1 Å². The van der Waals surface area contributed by atoms with E-state index in [1.54, 1.807) is 38.5 Å². The Bertz CT molecular complexity index is 1040. The number of amides is 1. The van der Waals surface area contributed by atoms with Crippen molar-refractivity contribution in [3.63, 3.8) is 0 Å². The fourth-order valence-electron chi connectivity index (χ4n) is 2.43. The molecule has 2 N–H and O–H groups in total. The van der Waals surface area contributed by atoms with Crippen LogP contribution >= 0.6 is 11.6 Å². The first-order valence-electron chi connectivity index (χ1n) is 8.74. The molecule has 5 nitrogen and oxygen atoms in total. The van der Waals surface area contributed by atoms with E-state index in [2.05, 4.69) is 32.4 Å². The highest BCUT2D eigenvalue weighted by atomic mass is 35.5. The molecule has 2 aromatic heterocycles. The monoisotopic (exact) mass is 390 g/mol. The lowest BCUT2D eigenvalue weighted by atomic mass is 10.1. The summed E-state index contributed by atoms with van der Waals surface area (Å²) in [5.41, 5.74) is 3.00. The standard InChI is InChI=1S/C22H19ClN4O/c1-15(24-2)22(28)27-21-11-9-19(17-12-18(23)14-25-13-17)20(26-21)10-8-16-6-4-3-5-7-16/h3-7,9,11-15,24H,1-2H3,(H,26,27,28). The summed E-state index contributed by atoms with van der Waals surface area (Å²) in [4.78, 5) is 20.8. The molecule has 3 rings (SSSR count). The molecule has 1 amide bonds. The van der Waals surface area contributed by atoms with Crippen LogP contribution in [0, 0.1) is 11.8 Å². The van der Waals surface area contributed by atoms with Gasteiger partial charge in [-0.25, -0.2) is 4.98 Å². The molecule has 140 valence electrons. The molecular weight excluding hydrogens is 372 g/mol. The minimum Gasteiger partial charge on any atom is -0.309 e. The van der Waals surface area contributed by atoms with Gasteiger partial charge < -0.3 is 10.6 Å². The van der Waals surface area contributed by atoms with E-state index in [-0.39, 0.29) is 11.9 Å². The number of aromatic nitrogens is 2. The number of rotatable bonds is 4. The van der Waals surface area contributed by atoms with E-state index in [0.29, 0.717) is 16.5 Å². The first kappa shape index (κ1) is 19.6. The van der Waals surface area contributed by atoms with E-state index < -0.39 is 0 Å². The summed E-state index contributed by atoms with van der Waals surface area (Å²) in [7, 11) is 1.73. The molecule has 28 heavy (non-hydrogen) atoms. The minimum atomic E-state index is -0.336. The van der Waals surface area contributed by atoms with Crippen LogP contribution in [0.25, 0.3) is 11.1 Å². The van der Waals surface area contributed by atoms with Crippen molar-refractivity contribution in [2.45, 2.75) is 13.0 Å². The third-order valence-corrected chi connectivity index (χ3v) is 4.29. The van der Waals surface area contributed by atoms with Crippen LogP contribution < -0.4 is 10.6 Å². The maximum Gasteiger partial charge on any atom is 0.242 e. The summed E-state index contributed by atoms with van der Waals surface area (Å²) in [5, 5.41) is 6.23. The van der Waals surface area contributed by atoms with Gasteiger partial charge >= 0.3 is 0 Å². The summed E-state index contributed by atoms with van der Waals surface area (Å²) in [6, 6.07) is 14.7.